The molecule has 2 aromatic carbocycles. The van der Waals surface area contributed by atoms with Crippen LogP contribution in [0.3, 0.4) is 0 Å². The van der Waals surface area contributed by atoms with Crippen molar-refractivity contribution in [3.8, 4) is 0 Å². The van der Waals surface area contributed by atoms with E-state index < -0.39 is 16.9 Å². The molecule has 31 heavy (non-hydrogen) atoms. The van der Waals surface area contributed by atoms with Crippen LogP contribution in [0.25, 0.3) is 11.0 Å². The summed E-state index contributed by atoms with van der Waals surface area (Å²) in [5.74, 6) is -1.06. The fourth-order valence-electron chi connectivity index (χ4n) is 4.95. The van der Waals surface area contributed by atoms with Gasteiger partial charge in [-0.25, -0.2) is 0 Å². The number of hydrogen-bond acceptors (Lipinski definition) is 5. The molecule has 0 aliphatic carbocycles. The number of aliphatic hydroxyl groups is 1. The van der Waals surface area contributed by atoms with Gasteiger partial charge in [-0.2, -0.15) is 0 Å². The predicted molar refractivity (Wildman–Crippen MR) is 115 cm³/mol. The molecule has 7 nitrogen and oxygen atoms in total. The van der Waals surface area contributed by atoms with Crippen LogP contribution < -0.4 is 10.3 Å². The van der Waals surface area contributed by atoms with Gasteiger partial charge in [0.15, 0.2) is 11.0 Å². The van der Waals surface area contributed by atoms with Gasteiger partial charge >= 0.3 is 0 Å². The van der Waals surface area contributed by atoms with Crippen molar-refractivity contribution in [1.29, 1.82) is 0 Å². The summed E-state index contributed by atoms with van der Waals surface area (Å²) in [6.07, 6.45) is 0.711. The number of β-amino-alcohol motifs (C(OH)–C–C–N with tert-alkyl or cyclic N) is 1. The fourth-order valence-corrected chi connectivity index (χ4v) is 4.95. The zero-order valence-electron chi connectivity index (χ0n) is 17.3. The van der Waals surface area contributed by atoms with Crippen molar-refractivity contribution in [2.45, 2.75) is 25.8 Å². The highest BCUT2D eigenvalue weighted by molar-refractivity contribution is 6.17. The van der Waals surface area contributed by atoms with Gasteiger partial charge in [-0.05, 0) is 31.5 Å². The van der Waals surface area contributed by atoms with Gasteiger partial charge in [0.05, 0.1) is 23.2 Å². The lowest BCUT2D eigenvalue weighted by molar-refractivity contribution is -0.126. The minimum atomic E-state index is -1.64. The SMILES string of the molecule is CCCN1C(=O)[C@@]2(c3ccccc31)c1c(oc3ccc(C)cc3c1=O)C(=O)N2CCO. The standard InChI is InChI=1S/C24H22N2O5/c1-3-10-25-17-7-5-4-6-16(17)24(23(25)30)19-20(28)15-13-14(2)8-9-18(15)31-21(19)22(29)26(24)11-12-27/h4-9,13,27H,3,10-12H2,1-2H3/t24-/m1/s1. The highest BCUT2D eigenvalue weighted by Crippen LogP contribution is 2.52. The van der Waals surface area contributed by atoms with Gasteiger partial charge in [-0.15, -0.1) is 0 Å². The number of hydrogen-bond donors (Lipinski definition) is 1. The van der Waals surface area contributed by atoms with E-state index in [4.69, 9.17) is 4.42 Å². The van der Waals surface area contributed by atoms with Crippen molar-refractivity contribution in [3.63, 3.8) is 0 Å². The van der Waals surface area contributed by atoms with E-state index in [0.717, 1.165) is 5.56 Å². The third-order valence-electron chi connectivity index (χ3n) is 6.16. The van der Waals surface area contributed by atoms with E-state index in [2.05, 4.69) is 0 Å². The molecule has 0 unspecified atom stereocenters. The molecule has 1 atom stereocenters. The highest BCUT2D eigenvalue weighted by atomic mass is 16.3. The Bertz CT molecular complexity index is 1310. The third kappa shape index (κ3) is 2.35. The summed E-state index contributed by atoms with van der Waals surface area (Å²) in [5, 5.41) is 10.1. The lowest BCUT2D eigenvalue weighted by Gasteiger charge is -2.33. The first-order chi connectivity index (χ1) is 15.0. The second-order valence-corrected chi connectivity index (χ2v) is 8.00. The molecule has 3 heterocycles. The van der Waals surface area contributed by atoms with E-state index in [0.29, 0.717) is 35.2 Å². The topological polar surface area (TPSA) is 91.1 Å². The van der Waals surface area contributed by atoms with Gasteiger partial charge in [-0.1, -0.05) is 36.8 Å². The lowest BCUT2D eigenvalue weighted by atomic mass is 9.84. The zero-order chi connectivity index (χ0) is 21.9. The maximum absolute atomic E-state index is 14.0. The molecule has 0 saturated heterocycles. The monoisotopic (exact) mass is 418 g/mol. The van der Waals surface area contributed by atoms with Crippen LogP contribution in [0.2, 0.25) is 0 Å². The summed E-state index contributed by atoms with van der Waals surface area (Å²) in [4.78, 5) is 44.1. The molecule has 0 radical (unpaired) electrons. The van der Waals surface area contributed by atoms with Gasteiger partial charge in [0.2, 0.25) is 5.76 Å². The number of para-hydroxylation sites is 1. The Balaban J connectivity index is 1.93. The molecule has 1 N–H and O–H groups in total. The smallest absolute Gasteiger partial charge is 0.291 e. The number of fused-ring (bicyclic) bond motifs is 5. The second kappa shape index (κ2) is 6.78. The number of amides is 2. The zero-order valence-corrected chi connectivity index (χ0v) is 17.3. The maximum Gasteiger partial charge on any atom is 0.291 e. The quantitative estimate of drug-likeness (QED) is 0.703. The number of carbonyl (C=O) groups excluding carboxylic acids is 2. The van der Waals surface area contributed by atoms with Crippen LogP contribution >= 0.6 is 0 Å². The molecular weight excluding hydrogens is 396 g/mol. The average Bonchev–Trinajstić information content (AvgIpc) is 3.15. The first-order valence-electron chi connectivity index (χ1n) is 10.4. The Kier molecular flexibility index (Phi) is 4.27. The highest BCUT2D eigenvalue weighted by Gasteiger charge is 2.64. The normalized spacial score (nSPS) is 19.6. The number of nitrogens with zero attached hydrogens (tertiary/aromatic N) is 2. The molecule has 158 valence electrons. The Hall–Kier alpha value is -3.45. The number of rotatable bonds is 4. The van der Waals surface area contributed by atoms with Gasteiger partial charge in [0.25, 0.3) is 11.8 Å². The lowest BCUT2D eigenvalue weighted by Crippen LogP contribution is -2.54. The predicted octanol–water partition coefficient (Wildman–Crippen LogP) is 2.55. The van der Waals surface area contributed by atoms with Crippen molar-refractivity contribution in [2.24, 2.45) is 0 Å². The molecule has 3 aromatic rings. The number of anilines is 1. The number of aliphatic hydroxyl groups excluding tert-OH is 1. The molecule has 2 aliphatic rings. The van der Waals surface area contributed by atoms with Gasteiger partial charge < -0.3 is 19.3 Å². The molecule has 1 aromatic heterocycles. The molecule has 0 bridgehead atoms. The van der Waals surface area contributed by atoms with Crippen molar-refractivity contribution in [3.05, 3.63) is 75.1 Å². The molecule has 2 aliphatic heterocycles. The summed E-state index contributed by atoms with van der Waals surface area (Å²) >= 11 is 0. The van der Waals surface area contributed by atoms with Crippen LogP contribution in [0.1, 0.15) is 40.6 Å². The van der Waals surface area contributed by atoms with Crippen molar-refractivity contribution < 1.29 is 19.1 Å². The summed E-state index contributed by atoms with van der Waals surface area (Å²) in [7, 11) is 0. The van der Waals surface area contributed by atoms with Gasteiger partial charge in [0.1, 0.15) is 5.58 Å². The van der Waals surface area contributed by atoms with Crippen LogP contribution in [0.4, 0.5) is 5.69 Å². The number of aryl methyl sites for hydroxylation is 1. The largest absolute Gasteiger partial charge is 0.450 e. The minimum Gasteiger partial charge on any atom is -0.450 e. The van der Waals surface area contributed by atoms with Crippen molar-refractivity contribution in [1.82, 2.24) is 4.90 Å². The van der Waals surface area contributed by atoms with Crippen LogP contribution in [0.5, 0.6) is 0 Å². The molecule has 0 fully saturated rings. The molecular formula is C24H22N2O5. The second-order valence-electron chi connectivity index (χ2n) is 8.00. The maximum atomic E-state index is 14.0. The van der Waals surface area contributed by atoms with E-state index in [-0.39, 0.29) is 30.4 Å². The molecule has 1 spiro atoms. The van der Waals surface area contributed by atoms with Gasteiger partial charge in [-0.3, -0.25) is 14.4 Å². The van der Waals surface area contributed by atoms with Crippen LogP contribution in [-0.4, -0.2) is 41.5 Å². The molecule has 5 rings (SSSR count). The van der Waals surface area contributed by atoms with E-state index in [9.17, 15) is 19.5 Å². The van der Waals surface area contributed by atoms with Crippen molar-refractivity contribution in [2.75, 3.05) is 24.6 Å². The molecule has 7 heteroatoms. The Morgan fingerprint density at radius 3 is 2.58 bits per heavy atom. The van der Waals surface area contributed by atoms with Crippen LogP contribution in [-0.2, 0) is 10.3 Å². The van der Waals surface area contributed by atoms with Crippen LogP contribution in [0, 0.1) is 6.92 Å². The summed E-state index contributed by atoms with van der Waals surface area (Å²) in [5.41, 5.74) is 0.411. The number of benzene rings is 2. The van der Waals surface area contributed by atoms with E-state index in [1.165, 1.54) is 4.90 Å². The summed E-state index contributed by atoms with van der Waals surface area (Å²) < 4.78 is 5.93. The Labute approximate surface area is 178 Å². The van der Waals surface area contributed by atoms with E-state index in [1.54, 1.807) is 35.2 Å². The first-order valence-corrected chi connectivity index (χ1v) is 10.4. The van der Waals surface area contributed by atoms with E-state index >= 15 is 0 Å². The minimum absolute atomic E-state index is 0.0418. The summed E-state index contributed by atoms with van der Waals surface area (Å²) in [6.45, 7) is 3.83. The van der Waals surface area contributed by atoms with Gasteiger partial charge in [0, 0.05) is 18.7 Å². The number of carbonyl (C=O) groups is 2. The first kappa shape index (κ1) is 19.5. The fraction of sp³-hybridized carbons (Fsp3) is 0.292. The Morgan fingerprint density at radius 1 is 1.06 bits per heavy atom. The molecule has 0 saturated carbocycles. The molecule has 2 amide bonds. The third-order valence-corrected chi connectivity index (χ3v) is 6.16. The van der Waals surface area contributed by atoms with Crippen LogP contribution in [0.15, 0.2) is 51.7 Å². The Morgan fingerprint density at radius 2 is 1.84 bits per heavy atom. The van der Waals surface area contributed by atoms with E-state index in [1.807, 2.05) is 26.0 Å². The average molecular weight is 418 g/mol. The summed E-state index contributed by atoms with van der Waals surface area (Å²) in [6, 6.07) is 12.4. The van der Waals surface area contributed by atoms with Crippen molar-refractivity contribution >= 4 is 28.5 Å².